The first-order chi connectivity index (χ1) is 17.0. The van der Waals surface area contributed by atoms with Crippen LogP contribution in [0.25, 0.3) is 0 Å². The lowest BCUT2D eigenvalue weighted by molar-refractivity contribution is -0.116. The van der Waals surface area contributed by atoms with Crippen molar-refractivity contribution in [2.75, 3.05) is 11.9 Å². The fourth-order valence-electron chi connectivity index (χ4n) is 4.28. The van der Waals surface area contributed by atoms with E-state index in [9.17, 15) is 14.9 Å². The van der Waals surface area contributed by atoms with E-state index in [1.165, 1.54) is 11.3 Å². The Morgan fingerprint density at radius 2 is 2.09 bits per heavy atom. The summed E-state index contributed by atoms with van der Waals surface area (Å²) >= 11 is 1.47. The van der Waals surface area contributed by atoms with E-state index in [0.717, 1.165) is 40.8 Å². The number of hydrogen-bond donors (Lipinski definition) is 2. The molecule has 180 valence electrons. The maximum Gasteiger partial charge on any atom is 0.407 e. The summed E-state index contributed by atoms with van der Waals surface area (Å²) in [5.41, 5.74) is 3.60. The second-order valence-electron chi connectivity index (χ2n) is 8.81. The van der Waals surface area contributed by atoms with Gasteiger partial charge in [-0.05, 0) is 53.9 Å². The van der Waals surface area contributed by atoms with E-state index < -0.39 is 6.09 Å². The van der Waals surface area contributed by atoms with E-state index in [1.54, 1.807) is 12.4 Å². The van der Waals surface area contributed by atoms with Crippen molar-refractivity contribution in [1.82, 2.24) is 10.3 Å². The lowest BCUT2D eigenvalue weighted by atomic mass is 9.88. The molecular weight excluding hydrogens is 460 g/mol. The van der Waals surface area contributed by atoms with Gasteiger partial charge in [-0.3, -0.25) is 9.78 Å². The number of aromatic nitrogens is 1. The molecule has 8 heteroatoms. The number of anilines is 1. The lowest BCUT2D eigenvalue weighted by Crippen LogP contribution is -2.27. The number of rotatable bonds is 8. The van der Waals surface area contributed by atoms with Crippen LogP contribution in [0.4, 0.5) is 9.80 Å². The van der Waals surface area contributed by atoms with E-state index in [4.69, 9.17) is 4.74 Å². The number of hydrogen-bond acceptors (Lipinski definition) is 6. The topological polar surface area (TPSA) is 104 Å². The van der Waals surface area contributed by atoms with Gasteiger partial charge in [0.25, 0.3) is 0 Å². The maximum atomic E-state index is 12.7. The largest absolute Gasteiger partial charge is 0.449 e. The Bertz CT molecular complexity index is 1200. The minimum atomic E-state index is -0.455. The first-order valence-corrected chi connectivity index (χ1v) is 12.5. The summed E-state index contributed by atoms with van der Waals surface area (Å²) in [5, 5.41) is 16.1. The predicted octanol–water partition coefficient (Wildman–Crippen LogP) is 5.18. The zero-order valence-electron chi connectivity index (χ0n) is 19.6. The van der Waals surface area contributed by atoms with Gasteiger partial charge in [0.15, 0.2) is 0 Å². The van der Waals surface area contributed by atoms with Gasteiger partial charge in [0, 0.05) is 30.2 Å². The average Bonchev–Trinajstić information content (AvgIpc) is 3.23. The number of carbonyl (C=O) groups is 2. The van der Waals surface area contributed by atoms with E-state index in [0.29, 0.717) is 30.1 Å². The predicted molar refractivity (Wildman–Crippen MR) is 135 cm³/mol. The molecule has 0 fully saturated rings. The van der Waals surface area contributed by atoms with E-state index in [-0.39, 0.29) is 17.7 Å². The van der Waals surface area contributed by atoms with E-state index in [2.05, 4.69) is 21.7 Å². The molecule has 2 amide bonds. The van der Waals surface area contributed by atoms with E-state index in [1.807, 2.05) is 49.4 Å². The van der Waals surface area contributed by atoms with Crippen LogP contribution in [0.15, 0.2) is 54.9 Å². The fraction of sp³-hybridized carbons (Fsp3) is 0.333. The highest BCUT2D eigenvalue weighted by molar-refractivity contribution is 7.16. The lowest BCUT2D eigenvalue weighted by Gasteiger charge is -2.21. The van der Waals surface area contributed by atoms with Crippen LogP contribution in [0.1, 0.15) is 52.8 Å². The number of nitrogens with zero attached hydrogens (tertiary/aromatic N) is 2. The van der Waals surface area contributed by atoms with Crippen LogP contribution in [-0.4, -0.2) is 23.6 Å². The molecule has 1 aliphatic rings. The highest BCUT2D eigenvalue weighted by Gasteiger charge is 2.27. The summed E-state index contributed by atoms with van der Waals surface area (Å²) in [6, 6.07) is 15.9. The molecule has 0 spiro atoms. The minimum absolute atomic E-state index is 0.0853. The van der Waals surface area contributed by atoms with Gasteiger partial charge in [-0.15, -0.1) is 11.3 Å². The van der Waals surface area contributed by atoms with Gasteiger partial charge in [-0.1, -0.05) is 43.3 Å². The number of alkyl carbamates (subject to hydrolysis) is 1. The Balaban J connectivity index is 1.30. The second-order valence-corrected chi connectivity index (χ2v) is 9.91. The van der Waals surface area contributed by atoms with Crippen molar-refractivity contribution >= 4 is 28.3 Å². The molecule has 7 nitrogen and oxygen atoms in total. The molecular formula is C27H28N4O3S. The molecule has 2 heterocycles. The van der Waals surface area contributed by atoms with Gasteiger partial charge in [-0.2, -0.15) is 5.26 Å². The number of ether oxygens (including phenoxy) is 1. The highest BCUT2D eigenvalue weighted by atomic mass is 32.1. The molecule has 35 heavy (non-hydrogen) atoms. The standard InChI is InChI=1S/C27H28N4O3S/c1-18(21-7-3-2-4-8-21)12-25(32)31-26-23(14-28)22-10-9-19(13-24(22)35-26)17-34-27(33)30-16-20-6-5-11-29-15-20/h2-8,11,15,18-19H,9-10,12-13,16-17H2,1H3,(H,30,33)(H,31,32). The molecule has 0 aliphatic heterocycles. The zero-order chi connectivity index (χ0) is 24.6. The first kappa shape index (κ1) is 24.4. The molecule has 0 radical (unpaired) electrons. The Labute approximate surface area is 209 Å². The van der Waals surface area contributed by atoms with Crippen molar-refractivity contribution in [3.63, 3.8) is 0 Å². The number of nitrogens with one attached hydrogen (secondary N) is 2. The molecule has 0 bridgehead atoms. The van der Waals surface area contributed by atoms with Crippen LogP contribution in [0.5, 0.6) is 0 Å². The number of thiophene rings is 1. The number of carbonyl (C=O) groups excluding carboxylic acids is 2. The third-order valence-corrected chi connectivity index (χ3v) is 7.37. The molecule has 1 aliphatic carbocycles. The number of benzene rings is 1. The fourth-order valence-corrected chi connectivity index (χ4v) is 5.61. The van der Waals surface area contributed by atoms with Gasteiger partial charge < -0.3 is 15.4 Å². The first-order valence-electron chi connectivity index (χ1n) is 11.7. The SMILES string of the molecule is CC(CC(=O)Nc1sc2c(c1C#N)CCC(COC(=O)NCc1cccnc1)C2)c1ccccc1. The molecule has 2 unspecified atom stereocenters. The van der Waals surface area contributed by atoms with Gasteiger partial charge in [-0.25, -0.2) is 4.79 Å². The second kappa shape index (κ2) is 11.6. The summed E-state index contributed by atoms with van der Waals surface area (Å²) in [7, 11) is 0. The summed E-state index contributed by atoms with van der Waals surface area (Å²) in [4.78, 5) is 29.9. The smallest absolute Gasteiger partial charge is 0.407 e. The molecule has 2 N–H and O–H groups in total. The number of amides is 2. The van der Waals surface area contributed by atoms with Gasteiger partial charge in [0.2, 0.25) is 5.91 Å². The molecule has 3 aromatic rings. The number of nitriles is 1. The summed E-state index contributed by atoms with van der Waals surface area (Å²) < 4.78 is 5.43. The summed E-state index contributed by atoms with van der Waals surface area (Å²) in [6.45, 7) is 2.70. The molecule has 4 rings (SSSR count). The van der Waals surface area contributed by atoms with Crippen LogP contribution in [0, 0.1) is 17.2 Å². The molecule has 1 aromatic carbocycles. The molecule has 2 aromatic heterocycles. The van der Waals surface area contributed by atoms with Crippen LogP contribution in [0.2, 0.25) is 0 Å². The maximum absolute atomic E-state index is 12.7. The van der Waals surface area contributed by atoms with Crippen molar-refractivity contribution < 1.29 is 14.3 Å². The average molecular weight is 489 g/mol. The number of pyridine rings is 1. The normalized spacial score (nSPS) is 15.4. The Hall–Kier alpha value is -3.70. The third kappa shape index (κ3) is 6.46. The van der Waals surface area contributed by atoms with Crippen molar-refractivity contribution in [3.8, 4) is 6.07 Å². The van der Waals surface area contributed by atoms with Crippen LogP contribution in [-0.2, 0) is 28.9 Å². The van der Waals surface area contributed by atoms with Crippen molar-refractivity contribution in [3.05, 3.63) is 82.0 Å². The zero-order valence-corrected chi connectivity index (χ0v) is 20.4. The molecule has 0 saturated heterocycles. The Morgan fingerprint density at radius 3 is 2.83 bits per heavy atom. The minimum Gasteiger partial charge on any atom is -0.449 e. The molecule has 0 saturated carbocycles. The van der Waals surface area contributed by atoms with Crippen molar-refractivity contribution in [2.45, 2.75) is 45.1 Å². The van der Waals surface area contributed by atoms with Crippen LogP contribution >= 0.6 is 11.3 Å². The van der Waals surface area contributed by atoms with E-state index >= 15 is 0 Å². The monoisotopic (exact) mass is 488 g/mol. The Morgan fingerprint density at radius 1 is 1.26 bits per heavy atom. The number of fused-ring (bicyclic) bond motifs is 1. The van der Waals surface area contributed by atoms with Crippen molar-refractivity contribution in [2.24, 2.45) is 5.92 Å². The molecule has 2 atom stereocenters. The highest BCUT2D eigenvalue weighted by Crippen LogP contribution is 2.39. The van der Waals surface area contributed by atoms with Crippen LogP contribution in [0.3, 0.4) is 0 Å². The van der Waals surface area contributed by atoms with Crippen LogP contribution < -0.4 is 10.6 Å². The van der Waals surface area contributed by atoms with Crippen molar-refractivity contribution in [1.29, 1.82) is 5.26 Å². The van der Waals surface area contributed by atoms with Gasteiger partial charge in [0.05, 0.1) is 12.2 Å². The Kier molecular flexibility index (Phi) is 8.11. The van der Waals surface area contributed by atoms with Gasteiger partial charge in [0.1, 0.15) is 11.1 Å². The third-order valence-electron chi connectivity index (χ3n) is 6.20. The quantitative estimate of drug-likeness (QED) is 0.455. The summed E-state index contributed by atoms with van der Waals surface area (Å²) in [6.07, 6.45) is 5.56. The van der Waals surface area contributed by atoms with Gasteiger partial charge >= 0.3 is 6.09 Å². The summed E-state index contributed by atoms with van der Waals surface area (Å²) in [5.74, 6) is 0.169.